The lowest BCUT2D eigenvalue weighted by atomic mass is 9.98. The maximum absolute atomic E-state index is 6.35. The van der Waals surface area contributed by atoms with Crippen LogP contribution in [0.15, 0.2) is 48.5 Å². The molecule has 0 spiro atoms. The highest BCUT2D eigenvalue weighted by Crippen LogP contribution is 2.40. The van der Waals surface area contributed by atoms with Gasteiger partial charge in [0.05, 0.1) is 5.69 Å². The summed E-state index contributed by atoms with van der Waals surface area (Å²) in [5.74, 6) is 0.743. The van der Waals surface area contributed by atoms with Crippen molar-refractivity contribution in [2.75, 3.05) is 0 Å². The van der Waals surface area contributed by atoms with E-state index in [2.05, 4.69) is 29.4 Å². The minimum atomic E-state index is -0.203. The summed E-state index contributed by atoms with van der Waals surface area (Å²) in [4.78, 5) is 0. The van der Waals surface area contributed by atoms with Crippen LogP contribution in [-0.4, -0.2) is 15.0 Å². The molecule has 1 aromatic heterocycles. The van der Waals surface area contributed by atoms with E-state index < -0.39 is 0 Å². The number of hydrogen-bond acceptors (Lipinski definition) is 3. The fraction of sp³-hybridized carbons (Fsp3) is 0.263. The number of nitrogens with zero attached hydrogens (tertiary/aromatic N) is 3. The van der Waals surface area contributed by atoms with E-state index in [1.807, 2.05) is 36.4 Å². The second kappa shape index (κ2) is 6.29. The molecule has 1 aliphatic heterocycles. The number of benzene rings is 2. The summed E-state index contributed by atoms with van der Waals surface area (Å²) in [5.41, 5.74) is 3.99. The Bertz CT molecular complexity index is 860. The van der Waals surface area contributed by atoms with Crippen LogP contribution in [-0.2, 0) is 6.42 Å². The molecule has 0 saturated carbocycles. The minimum absolute atomic E-state index is 0.203. The Morgan fingerprint density at radius 1 is 1.17 bits per heavy atom. The van der Waals surface area contributed by atoms with Crippen molar-refractivity contribution < 1.29 is 4.74 Å². The SMILES string of the molecule is CCCCc1nnn2c1OC(c1ccccc1)c1cc(Cl)ccc1-2. The van der Waals surface area contributed by atoms with Crippen LogP contribution in [0.2, 0.25) is 5.02 Å². The number of aryl methyl sites for hydroxylation is 1. The predicted octanol–water partition coefficient (Wildman–Crippen LogP) is 4.75. The van der Waals surface area contributed by atoms with E-state index in [1.165, 1.54) is 0 Å². The van der Waals surface area contributed by atoms with Gasteiger partial charge in [-0.2, -0.15) is 4.68 Å². The maximum Gasteiger partial charge on any atom is 0.241 e. The third-order valence-electron chi connectivity index (χ3n) is 4.29. The highest BCUT2D eigenvalue weighted by atomic mass is 35.5. The molecule has 0 aliphatic carbocycles. The van der Waals surface area contributed by atoms with Gasteiger partial charge in [0.2, 0.25) is 5.88 Å². The monoisotopic (exact) mass is 339 g/mol. The van der Waals surface area contributed by atoms with Crippen molar-refractivity contribution in [2.45, 2.75) is 32.3 Å². The van der Waals surface area contributed by atoms with Crippen LogP contribution < -0.4 is 4.74 Å². The summed E-state index contributed by atoms with van der Waals surface area (Å²) < 4.78 is 8.13. The summed E-state index contributed by atoms with van der Waals surface area (Å²) in [6.45, 7) is 2.17. The lowest BCUT2D eigenvalue weighted by molar-refractivity contribution is 0.215. The Morgan fingerprint density at radius 2 is 2.00 bits per heavy atom. The molecule has 0 fully saturated rings. The van der Waals surface area contributed by atoms with E-state index in [1.54, 1.807) is 4.68 Å². The van der Waals surface area contributed by atoms with Crippen molar-refractivity contribution in [2.24, 2.45) is 0 Å². The smallest absolute Gasteiger partial charge is 0.241 e. The minimum Gasteiger partial charge on any atom is -0.463 e. The summed E-state index contributed by atoms with van der Waals surface area (Å²) in [5, 5.41) is 9.34. The zero-order valence-electron chi connectivity index (χ0n) is 13.4. The third-order valence-corrected chi connectivity index (χ3v) is 4.53. The van der Waals surface area contributed by atoms with Crippen molar-refractivity contribution in [3.05, 3.63) is 70.4 Å². The van der Waals surface area contributed by atoms with Crippen molar-refractivity contribution in [3.8, 4) is 11.6 Å². The number of unbranched alkanes of at least 4 members (excludes halogenated alkanes) is 1. The van der Waals surface area contributed by atoms with E-state index in [9.17, 15) is 0 Å². The van der Waals surface area contributed by atoms with Gasteiger partial charge in [0.25, 0.3) is 0 Å². The molecule has 122 valence electrons. The van der Waals surface area contributed by atoms with Gasteiger partial charge in [-0.25, -0.2) is 0 Å². The molecule has 4 nitrogen and oxygen atoms in total. The van der Waals surface area contributed by atoms with Crippen molar-refractivity contribution >= 4 is 11.6 Å². The maximum atomic E-state index is 6.35. The van der Waals surface area contributed by atoms with Gasteiger partial charge in [0.1, 0.15) is 5.69 Å². The molecule has 0 bridgehead atoms. The van der Waals surface area contributed by atoms with Crippen molar-refractivity contribution in [1.29, 1.82) is 0 Å². The van der Waals surface area contributed by atoms with Gasteiger partial charge in [-0.05, 0) is 36.6 Å². The summed E-state index contributed by atoms with van der Waals surface area (Å²) in [6, 6.07) is 16.0. The second-order valence-corrected chi connectivity index (χ2v) is 6.40. The largest absolute Gasteiger partial charge is 0.463 e. The summed E-state index contributed by atoms with van der Waals surface area (Å²) in [6.07, 6.45) is 2.85. The standard InChI is InChI=1S/C19H18ClN3O/c1-2-3-9-16-19-23(22-21-16)17-11-10-14(20)12-15(17)18(24-19)13-7-5-4-6-8-13/h4-8,10-12,18H,2-3,9H2,1H3. The van der Waals surface area contributed by atoms with Crippen LogP contribution in [0.5, 0.6) is 5.88 Å². The van der Waals surface area contributed by atoms with Gasteiger partial charge in [-0.1, -0.05) is 60.5 Å². The average molecular weight is 340 g/mol. The van der Waals surface area contributed by atoms with Crippen LogP contribution in [0.4, 0.5) is 0 Å². The number of aromatic nitrogens is 3. The molecule has 0 radical (unpaired) electrons. The zero-order chi connectivity index (χ0) is 16.5. The molecule has 2 aromatic carbocycles. The van der Waals surface area contributed by atoms with E-state index in [0.29, 0.717) is 5.02 Å². The molecule has 1 unspecified atom stereocenters. The fourth-order valence-electron chi connectivity index (χ4n) is 3.06. The van der Waals surface area contributed by atoms with Gasteiger partial charge < -0.3 is 4.74 Å². The fourth-order valence-corrected chi connectivity index (χ4v) is 3.24. The van der Waals surface area contributed by atoms with Crippen LogP contribution in [0.1, 0.15) is 42.7 Å². The van der Waals surface area contributed by atoms with Gasteiger partial charge in [0, 0.05) is 10.6 Å². The van der Waals surface area contributed by atoms with Gasteiger partial charge in [0.15, 0.2) is 6.10 Å². The average Bonchev–Trinajstić information content (AvgIpc) is 3.02. The van der Waals surface area contributed by atoms with E-state index in [0.717, 1.165) is 47.7 Å². The van der Waals surface area contributed by atoms with Crippen LogP contribution >= 0.6 is 11.6 Å². The number of hydrogen-bond donors (Lipinski definition) is 0. The normalized spacial score (nSPS) is 15.5. The Balaban J connectivity index is 1.85. The van der Waals surface area contributed by atoms with E-state index in [-0.39, 0.29) is 6.10 Å². The molecule has 0 N–H and O–H groups in total. The molecule has 2 heterocycles. The molecule has 0 amide bonds. The third kappa shape index (κ3) is 2.57. The highest BCUT2D eigenvalue weighted by molar-refractivity contribution is 6.30. The Morgan fingerprint density at radius 3 is 2.79 bits per heavy atom. The number of rotatable bonds is 4. The molecule has 4 rings (SSSR count). The molecule has 24 heavy (non-hydrogen) atoms. The highest BCUT2D eigenvalue weighted by Gasteiger charge is 2.31. The molecule has 1 aliphatic rings. The zero-order valence-corrected chi connectivity index (χ0v) is 14.2. The molecule has 3 aromatic rings. The number of fused-ring (bicyclic) bond motifs is 3. The van der Waals surface area contributed by atoms with Gasteiger partial charge >= 0.3 is 0 Å². The first-order valence-corrected chi connectivity index (χ1v) is 8.61. The molecule has 5 heteroatoms. The van der Waals surface area contributed by atoms with Crippen LogP contribution in [0.25, 0.3) is 5.69 Å². The molecular weight excluding hydrogens is 322 g/mol. The molecular formula is C19H18ClN3O. The second-order valence-electron chi connectivity index (χ2n) is 5.97. The molecule has 1 atom stereocenters. The van der Waals surface area contributed by atoms with E-state index >= 15 is 0 Å². The quantitative estimate of drug-likeness (QED) is 0.689. The number of halogens is 1. The van der Waals surface area contributed by atoms with Crippen molar-refractivity contribution in [1.82, 2.24) is 15.0 Å². The lowest BCUT2D eigenvalue weighted by Gasteiger charge is -2.27. The Kier molecular flexibility index (Phi) is 3.98. The first kappa shape index (κ1) is 15.2. The lowest BCUT2D eigenvalue weighted by Crippen LogP contribution is -2.20. The van der Waals surface area contributed by atoms with Crippen molar-refractivity contribution in [3.63, 3.8) is 0 Å². The molecule has 0 saturated heterocycles. The summed E-state index contributed by atoms with van der Waals surface area (Å²) >= 11 is 6.23. The first-order chi connectivity index (χ1) is 11.8. The van der Waals surface area contributed by atoms with Crippen LogP contribution in [0.3, 0.4) is 0 Å². The number of ether oxygens (including phenoxy) is 1. The van der Waals surface area contributed by atoms with Gasteiger partial charge in [-0.15, -0.1) is 5.10 Å². The Labute approximate surface area is 146 Å². The topological polar surface area (TPSA) is 39.9 Å². The Hall–Kier alpha value is -2.33. The van der Waals surface area contributed by atoms with Gasteiger partial charge in [-0.3, -0.25) is 0 Å². The predicted molar refractivity (Wildman–Crippen MR) is 93.9 cm³/mol. The summed E-state index contributed by atoms with van der Waals surface area (Å²) in [7, 11) is 0. The van der Waals surface area contributed by atoms with E-state index in [4.69, 9.17) is 16.3 Å². The van der Waals surface area contributed by atoms with Crippen LogP contribution in [0, 0.1) is 0 Å². The first-order valence-electron chi connectivity index (χ1n) is 8.24.